The van der Waals surface area contributed by atoms with Gasteiger partial charge in [-0.1, -0.05) is 22.6 Å². The Morgan fingerprint density at radius 2 is 2.40 bits per heavy atom. The van der Waals surface area contributed by atoms with Gasteiger partial charge in [0, 0.05) is 4.43 Å². The number of carbonyl (C=O) groups excluding carboxylic acids is 1. The highest BCUT2D eigenvalue weighted by molar-refractivity contribution is 14.1. The zero-order valence-electron chi connectivity index (χ0n) is 5.84. The van der Waals surface area contributed by atoms with Gasteiger partial charge in [0.25, 0.3) is 0 Å². The van der Waals surface area contributed by atoms with Gasteiger partial charge in [0.15, 0.2) is 6.10 Å². The first-order valence-electron chi connectivity index (χ1n) is 3.13. The van der Waals surface area contributed by atoms with Gasteiger partial charge >= 0.3 is 5.97 Å². The van der Waals surface area contributed by atoms with Crippen LogP contribution < -0.4 is 0 Å². The predicted molar refractivity (Wildman–Crippen MR) is 46.1 cm³/mol. The molecule has 3 nitrogen and oxygen atoms in total. The zero-order chi connectivity index (χ0) is 7.98. The summed E-state index contributed by atoms with van der Waals surface area (Å²) in [5, 5.41) is 8.97. The lowest BCUT2D eigenvalue weighted by Crippen LogP contribution is -2.23. The SMILES string of the molecule is CCOC(=O)C(O)CCI. The van der Waals surface area contributed by atoms with E-state index in [0.717, 1.165) is 4.43 Å². The van der Waals surface area contributed by atoms with E-state index in [2.05, 4.69) is 27.3 Å². The molecule has 0 radical (unpaired) electrons. The molecular formula is C6H11IO3. The third-order valence-corrected chi connectivity index (χ3v) is 1.56. The Morgan fingerprint density at radius 1 is 1.80 bits per heavy atom. The van der Waals surface area contributed by atoms with E-state index in [4.69, 9.17) is 5.11 Å². The molecule has 0 aromatic heterocycles. The van der Waals surface area contributed by atoms with Gasteiger partial charge in [-0.3, -0.25) is 0 Å². The second kappa shape index (κ2) is 5.91. The number of carbonyl (C=O) groups is 1. The van der Waals surface area contributed by atoms with Crippen LogP contribution >= 0.6 is 22.6 Å². The smallest absolute Gasteiger partial charge is 0.334 e. The molecule has 0 aromatic carbocycles. The summed E-state index contributed by atoms with van der Waals surface area (Å²) in [5.74, 6) is -0.515. The molecule has 0 aromatic rings. The maximum absolute atomic E-state index is 10.7. The van der Waals surface area contributed by atoms with Crippen LogP contribution in [0.5, 0.6) is 0 Å². The molecule has 1 N–H and O–H groups in total. The predicted octanol–water partition coefficient (Wildman–Crippen LogP) is 0.736. The normalized spacial score (nSPS) is 12.7. The third-order valence-electron chi connectivity index (χ3n) is 0.941. The van der Waals surface area contributed by atoms with Crippen LogP contribution in [-0.2, 0) is 9.53 Å². The molecule has 0 saturated heterocycles. The molecule has 0 fully saturated rings. The third kappa shape index (κ3) is 4.05. The standard InChI is InChI=1S/C6H11IO3/c1-2-10-6(9)5(8)3-4-7/h5,8H,2-4H2,1H3. The molecule has 0 amide bonds. The van der Waals surface area contributed by atoms with E-state index in [-0.39, 0.29) is 0 Å². The van der Waals surface area contributed by atoms with Crippen molar-refractivity contribution in [2.45, 2.75) is 19.4 Å². The van der Waals surface area contributed by atoms with Crippen LogP contribution in [0.15, 0.2) is 0 Å². The molecule has 0 bridgehead atoms. The van der Waals surface area contributed by atoms with Gasteiger partial charge in [0.1, 0.15) is 0 Å². The fourth-order valence-electron chi connectivity index (χ4n) is 0.460. The fourth-order valence-corrected chi connectivity index (χ4v) is 1.05. The van der Waals surface area contributed by atoms with Crippen LogP contribution in [0.4, 0.5) is 0 Å². The first-order chi connectivity index (χ1) is 4.72. The van der Waals surface area contributed by atoms with E-state index < -0.39 is 12.1 Å². The Hall–Kier alpha value is 0.160. The number of alkyl halides is 1. The Balaban J connectivity index is 3.49. The monoisotopic (exact) mass is 258 g/mol. The maximum Gasteiger partial charge on any atom is 0.334 e. The first kappa shape index (κ1) is 10.2. The lowest BCUT2D eigenvalue weighted by molar-refractivity contribution is -0.152. The van der Waals surface area contributed by atoms with Crippen molar-refractivity contribution in [3.8, 4) is 0 Å². The molecule has 0 aliphatic carbocycles. The summed E-state index contributed by atoms with van der Waals surface area (Å²) in [6.45, 7) is 2.05. The molecule has 1 atom stereocenters. The zero-order valence-corrected chi connectivity index (χ0v) is 8.00. The van der Waals surface area contributed by atoms with E-state index in [1.807, 2.05) is 0 Å². The molecular weight excluding hydrogens is 247 g/mol. The van der Waals surface area contributed by atoms with Gasteiger partial charge in [0.2, 0.25) is 0 Å². The fraction of sp³-hybridized carbons (Fsp3) is 0.833. The van der Waals surface area contributed by atoms with Crippen LogP contribution in [-0.4, -0.2) is 28.2 Å². The van der Waals surface area contributed by atoms with Crippen LogP contribution in [0.3, 0.4) is 0 Å². The number of hydrogen-bond acceptors (Lipinski definition) is 3. The topological polar surface area (TPSA) is 46.5 Å². The number of halogens is 1. The van der Waals surface area contributed by atoms with Crippen molar-refractivity contribution >= 4 is 28.6 Å². The van der Waals surface area contributed by atoms with E-state index >= 15 is 0 Å². The van der Waals surface area contributed by atoms with Gasteiger partial charge < -0.3 is 9.84 Å². The molecule has 4 heteroatoms. The first-order valence-corrected chi connectivity index (χ1v) is 4.65. The Labute approximate surface area is 73.9 Å². The molecule has 0 aliphatic heterocycles. The lowest BCUT2D eigenvalue weighted by Gasteiger charge is -2.06. The molecule has 1 unspecified atom stereocenters. The molecule has 0 aliphatic rings. The van der Waals surface area contributed by atoms with Gasteiger partial charge in [0.05, 0.1) is 6.61 Å². The Bertz CT molecular complexity index is 105. The molecule has 10 heavy (non-hydrogen) atoms. The molecule has 60 valence electrons. The van der Waals surface area contributed by atoms with E-state index in [9.17, 15) is 4.79 Å². The average molecular weight is 258 g/mol. The van der Waals surface area contributed by atoms with Crippen molar-refractivity contribution in [1.82, 2.24) is 0 Å². The minimum Gasteiger partial charge on any atom is -0.464 e. The highest BCUT2D eigenvalue weighted by atomic mass is 127. The lowest BCUT2D eigenvalue weighted by atomic mass is 10.3. The highest BCUT2D eigenvalue weighted by Gasteiger charge is 2.13. The van der Waals surface area contributed by atoms with Gasteiger partial charge in [-0.25, -0.2) is 4.79 Å². The maximum atomic E-state index is 10.7. The minimum absolute atomic E-state index is 0.330. The van der Waals surface area contributed by atoms with Crippen molar-refractivity contribution < 1.29 is 14.6 Å². The van der Waals surface area contributed by atoms with Crippen LogP contribution in [0, 0.1) is 0 Å². The quantitative estimate of drug-likeness (QED) is 0.459. The molecule has 0 spiro atoms. The summed E-state index contributed by atoms with van der Waals surface area (Å²) < 4.78 is 5.33. The number of hydrogen-bond donors (Lipinski definition) is 1. The van der Waals surface area contributed by atoms with Crippen LogP contribution in [0.1, 0.15) is 13.3 Å². The van der Waals surface area contributed by atoms with Crippen molar-refractivity contribution in [3.05, 3.63) is 0 Å². The molecule has 0 rings (SSSR count). The average Bonchev–Trinajstić information content (AvgIpc) is 1.89. The summed E-state index contributed by atoms with van der Waals surface area (Å²) >= 11 is 2.10. The second-order valence-corrected chi connectivity index (χ2v) is 2.82. The highest BCUT2D eigenvalue weighted by Crippen LogP contribution is 1.98. The van der Waals surface area contributed by atoms with Crippen molar-refractivity contribution in [3.63, 3.8) is 0 Å². The Morgan fingerprint density at radius 3 is 2.80 bits per heavy atom. The summed E-state index contributed by atoms with van der Waals surface area (Å²) in [5.41, 5.74) is 0. The largest absolute Gasteiger partial charge is 0.464 e. The van der Waals surface area contributed by atoms with E-state index in [1.165, 1.54) is 0 Å². The van der Waals surface area contributed by atoms with Crippen molar-refractivity contribution in [2.75, 3.05) is 11.0 Å². The number of esters is 1. The van der Waals surface area contributed by atoms with Crippen LogP contribution in [0.2, 0.25) is 0 Å². The second-order valence-electron chi connectivity index (χ2n) is 1.75. The van der Waals surface area contributed by atoms with Gasteiger partial charge in [-0.15, -0.1) is 0 Å². The Kier molecular flexibility index (Phi) is 6.00. The van der Waals surface area contributed by atoms with E-state index in [1.54, 1.807) is 6.92 Å². The van der Waals surface area contributed by atoms with Gasteiger partial charge in [-0.2, -0.15) is 0 Å². The summed E-state index contributed by atoms with van der Waals surface area (Å²) in [6, 6.07) is 0. The van der Waals surface area contributed by atoms with Crippen molar-refractivity contribution in [1.29, 1.82) is 0 Å². The van der Waals surface area contributed by atoms with Gasteiger partial charge in [-0.05, 0) is 13.3 Å². The molecule has 0 saturated carbocycles. The minimum atomic E-state index is -0.933. The van der Waals surface area contributed by atoms with Crippen LogP contribution in [0.25, 0.3) is 0 Å². The number of rotatable bonds is 4. The number of aliphatic hydroxyl groups excluding tert-OH is 1. The summed E-state index contributed by atoms with van der Waals surface area (Å²) in [7, 11) is 0. The number of ether oxygens (including phenoxy) is 1. The van der Waals surface area contributed by atoms with Crippen molar-refractivity contribution in [2.24, 2.45) is 0 Å². The van der Waals surface area contributed by atoms with E-state index in [0.29, 0.717) is 13.0 Å². The summed E-state index contributed by atoms with van der Waals surface area (Å²) in [6.07, 6.45) is -0.462. The number of aliphatic hydroxyl groups is 1. The molecule has 0 heterocycles. The summed E-state index contributed by atoms with van der Waals surface area (Å²) in [4.78, 5) is 10.7.